The molecule has 124 valence electrons. The fourth-order valence-corrected chi connectivity index (χ4v) is 2.71. The zero-order chi connectivity index (χ0) is 17.1. The van der Waals surface area contributed by atoms with Gasteiger partial charge in [0.2, 0.25) is 5.91 Å². The number of benzene rings is 2. The summed E-state index contributed by atoms with van der Waals surface area (Å²) < 4.78 is 5.58. The largest absolute Gasteiger partial charge is 0.491 e. The molecule has 0 saturated carbocycles. The topological polar surface area (TPSA) is 58.6 Å². The maximum Gasteiger partial charge on any atom is 0.257 e. The lowest BCUT2D eigenvalue weighted by Gasteiger charge is -2.13. The van der Waals surface area contributed by atoms with Crippen molar-refractivity contribution in [2.45, 2.75) is 13.3 Å². The molecule has 2 aromatic rings. The van der Waals surface area contributed by atoms with Gasteiger partial charge in [0.05, 0.1) is 18.5 Å². The lowest BCUT2D eigenvalue weighted by atomic mass is 10.1. The summed E-state index contributed by atoms with van der Waals surface area (Å²) in [5, 5.41) is 2.85. The van der Waals surface area contributed by atoms with Crippen LogP contribution in [-0.2, 0) is 11.2 Å². The molecule has 0 atom stereocenters. The summed E-state index contributed by atoms with van der Waals surface area (Å²) in [6, 6.07) is 13.0. The van der Waals surface area contributed by atoms with Crippen molar-refractivity contribution in [3.63, 3.8) is 0 Å². The molecule has 2 aromatic carbocycles. The van der Waals surface area contributed by atoms with E-state index in [1.54, 1.807) is 30.1 Å². The Labute approximate surface area is 141 Å². The van der Waals surface area contributed by atoms with Gasteiger partial charge in [-0.3, -0.25) is 9.59 Å². The Kier molecular flexibility index (Phi) is 4.51. The van der Waals surface area contributed by atoms with Crippen LogP contribution in [0.5, 0.6) is 5.75 Å². The number of nitrogens with one attached hydrogen (secondary N) is 1. The molecule has 0 spiro atoms. The second-order valence-corrected chi connectivity index (χ2v) is 6.00. The van der Waals surface area contributed by atoms with E-state index in [1.807, 2.05) is 31.2 Å². The van der Waals surface area contributed by atoms with Crippen molar-refractivity contribution in [1.29, 1.82) is 0 Å². The van der Waals surface area contributed by atoms with Crippen molar-refractivity contribution in [3.05, 3.63) is 59.2 Å². The van der Waals surface area contributed by atoms with Crippen molar-refractivity contribution >= 4 is 17.5 Å². The van der Waals surface area contributed by atoms with E-state index in [0.717, 1.165) is 11.1 Å². The van der Waals surface area contributed by atoms with Gasteiger partial charge in [-0.2, -0.15) is 0 Å². The van der Waals surface area contributed by atoms with Crippen LogP contribution >= 0.6 is 0 Å². The molecule has 0 unspecified atom stereocenters. The number of fused-ring (bicyclic) bond motifs is 1. The Morgan fingerprint density at radius 3 is 2.88 bits per heavy atom. The highest BCUT2D eigenvalue weighted by atomic mass is 16.5. The van der Waals surface area contributed by atoms with E-state index in [2.05, 4.69) is 5.32 Å². The highest BCUT2D eigenvalue weighted by Crippen LogP contribution is 2.26. The first-order valence-electron chi connectivity index (χ1n) is 7.90. The molecule has 5 heteroatoms. The van der Waals surface area contributed by atoms with Gasteiger partial charge in [-0.1, -0.05) is 29.8 Å². The molecule has 0 fully saturated rings. The second-order valence-electron chi connectivity index (χ2n) is 6.00. The molecule has 2 amide bonds. The van der Waals surface area contributed by atoms with Crippen molar-refractivity contribution < 1.29 is 14.3 Å². The molecule has 0 saturated heterocycles. The molecule has 1 N–H and O–H groups in total. The fourth-order valence-electron chi connectivity index (χ4n) is 2.71. The minimum Gasteiger partial charge on any atom is -0.491 e. The molecule has 1 aliphatic rings. The van der Waals surface area contributed by atoms with Gasteiger partial charge in [0, 0.05) is 12.7 Å². The van der Waals surface area contributed by atoms with E-state index >= 15 is 0 Å². The fraction of sp³-hybridized carbons (Fsp3) is 0.263. The summed E-state index contributed by atoms with van der Waals surface area (Å²) in [4.78, 5) is 26.2. The van der Waals surface area contributed by atoms with Crippen LogP contribution in [0.15, 0.2) is 42.5 Å². The van der Waals surface area contributed by atoms with Gasteiger partial charge in [-0.05, 0) is 30.7 Å². The van der Waals surface area contributed by atoms with Crippen LogP contribution in [0.1, 0.15) is 21.5 Å². The number of carbonyl (C=O) groups is 2. The predicted octanol–water partition coefficient (Wildman–Crippen LogP) is 2.64. The van der Waals surface area contributed by atoms with Crippen LogP contribution in [0.2, 0.25) is 0 Å². The van der Waals surface area contributed by atoms with Gasteiger partial charge in [0.15, 0.2) is 0 Å². The molecule has 0 radical (unpaired) electrons. The van der Waals surface area contributed by atoms with Crippen LogP contribution in [0, 0.1) is 6.92 Å². The molecular weight excluding hydrogens is 304 g/mol. The lowest BCUT2D eigenvalue weighted by Crippen LogP contribution is -2.27. The Bertz CT molecular complexity index is 786. The van der Waals surface area contributed by atoms with Gasteiger partial charge < -0.3 is 15.0 Å². The molecule has 1 aliphatic heterocycles. The van der Waals surface area contributed by atoms with E-state index in [1.165, 1.54) is 0 Å². The van der Waals surface area contributed by atoms with Crippen LogP contribution in [0.3, 0.4) is 0 Å². The number of hydrogen-bond donors (Lipinski definition) is 1. The SMILES string of the molecule is Cc1cccc(CC(=O)Nc2ccc3c(c2)C(=O)N(C)CCO3)c1. The Morgan fingerprint density at radius 2 is 2.08 bits per heavy atom. The molecule has 3 rings (SSSR count). The third kappa shape index (κ3) is 3.56. The van der Waals surface area contributed by atoms with Crippen LogP contribution < -0.4 is 10.1 Å². The number of rotatable bonds is 3. The van der Waals surface area contributed by atoms with Crippen molar-refractivity contribution in [1.82, 2.24) is 4.90 Å². The Hall–Kier alpha value is -2.82. The zero-order valence-corrected chi connectivity index (χ0v) is 13.8. The van der Waals surface area contributed by atoms with E-state index < -0.39 is 0 Å². The average Bonchev–Trinajstić information content (AvgIpc) is 2.67. The quantitative estimate of drug-likeness (QED) is 0.944. The monoisotopic (exact) mass is 324 g/mol. The molecule has 0 aromatic heterocycles. The second kappa shape index (κ2) is 6.74. The number of nitrogens with zero attached hydrogens (tertiary/aromatic N) is 1. The zero-order valence-electron chi connectivity index (χ0n) is 13.8. The van der Waals surface area contributed by atoms with Crippen LogP contribution in [0.4, 0.5) is 5.69 Å². The third-order valence-electron chi connectivity index (χ3n) is 3.97. The lowest BCUT2D eigenvalue weighted by molar-refractivity contribution is -0.115. The van der Waals surface area contributed by atoms with Gasteiger partial charge in [-0.15, -0.1) is 0 Å². The minimum absolute atomic E-state index is 0.0997. The number of ether oxygens (including phenoxy) is 1. The number of hydrogen-bond acceptors (Lipinski definition) is 3. The molecule has 1 heterocycles. The Balaban J connectivity index is 1.75. The molecule has 0 bridgehead atoms. The smallest absolute Gasteiger partial charge is 0.257 e. The van der Waals surface area contributed by atoms with Gasteiger partial charge in [-0.25, -0.2) is 0 Å². The third-order valence-corrected chi connectivity index (χ3v) is 3.97. The van der Waals surface area contributed by atoms with Crippen LogP contribution in [-0.4, -0.2) is 36.9 Å². The standard InChI is InChI=1S/C19H20N2O3/c1-13-4-3-5-14(10-13)11-18(22)20-15-6-7-17-16(12-15)19(23)21(2)8-9-24-17/h3-7,10,12H,8-9,11H2,1-2H3,(H,20,22). The number of likely N-dealkylation sites (N-methyl/N-ethyl adjacent to an activating group) is 1. The number of anilines is 1. The average molecular weight is 324 g/mol. The van der Waals surface area contributed by atoms with Crippen molar-refractivity contribution in [2.75, 3.05) is 25.5 Å². The summed E-state index contributed by atoms with van der Waals surface area (Å²) in [5.41, 5.74) is 3.15. The summed E-state index contributed by atoms with van der Waals surface area (Å²) >= 11 is 0. The van der Waals surface area contributed by atoms with Gasteiger partial charge in [0.25, 0.3) is 5.91 Å². The number of amides is 2. The predicted molar refractivity (Wildman–Crippen MR) is 92.4 cm³/mol. The van der Waals surface area contributed by atoms with E-state index in [4.69, 9.17) is 4.74 Å². The summed E-state index contributed by atoms with van der Waals surface area (Å²) in [6.07, 6.45) is 0.295. The summed E-state index contributed by atoms with van der Waals surface area (Å²) in [6.45, 7) is 3.01. The van der Waals surface area contributed by atoms with E-state index in [-0.39, 0.29) is 11.8 Å². The van der Waals surface area contributed by atoms with Crippen molar-refractivity contribution in [2.24, 2.45) is 0 Å². The van der Waals surface area contributed by atoms with Gasteiger partial charge >= 0.3 is 0 Å². The molecule has 24 heavy (non-hydrogen) atoms. The summed E-state index contributed by atoms with van der Waals surface area (Å²) in [5.74, 6) is 0.342. The Morgan fingerprint density at radius 1 is 1.25 bits per heavy atom. The first kappa shape index (κ1) is 16.1. The maximum absolute atomic E-state index is 12.3. The molecule has 0 aliphatic carbocycles. The first-order valence-corrected chi connectivity index (χ1v) is 7.90. The van der Waals surface area contributed by atoms with E-state index in [9.17, 15) is 9.59 Å². The minimum atomic E-state index is -0.115. The highest BCUT2D eigenvalue weighted by Gasteiger charge is 2.21. The van der Waals surface area contributed by atoms with Crippen LogP contribution in [0.25, 0.3) is 0 Å². The summed E-state index contributed by atoms with van der Waals surface area (Å²) in [7, 11) is 1.74. The number of aryl methyl sites for hydroxylation is 1. The van der Waals surface area contributed by atoms with Gasteiger partial charge in [0.1, 0.15) is 12.4 Å². The highest BCUT2D eigenvalue weighted by molar-refractivity contribution is 6.00. The maximum atomic E-state index is 12.3. The normalized spacial score (nSPS) is 13.8. The number of carbonyl (C=O) groups excluding carboxylic acids is 2. The molecular formula is C19H20N2O3. The van der Waals surface area contributed by atoms with Crippen molar-refractivity contribution in [3.8, 4) is 5.75 Å². The van der Waals surface area contributed by atoms with E-state index in [0.29, 0.717) is 36.6 Å². The molecule has 5 nitrogen and oxygen atoms in total. The first-order chi connectivity index (χ1) is 11.5.